The summed E-state index contributed by atoms with van der Waals surface area (Å²) in [6.07, 6.45) is 4.29. The molecule has 5 rings (SSSR count). The number of methoxy groups -OCH3 is 1. The molecule has 1 N–H and O–H groups in total. The lowest BCUT2D eigenvalue weighted by atomic mass is 9.94. The van der Waals surface area contributed by atoms with Crippen molar-refractivity contribution < 1.29 is 9.53 Å². The summed E-state index contributed by atoms with van der Waals surface area (Å²) in [4.78, 5) is 17.0. The summed E-state index contributed by atoms with van der Waals surface area (Å²) in [6.45, 7) is 2.86. The molecule has 0 spiro atoms. The molecule has 2 aliphatic rings. The van der Waals surface area contributed by atoms with Gasteiger partial charge >= 0.3 is 0 Å². The SMILES string of the molecule is COc1ccc([C@@H]2NC(=O)c3c(sc4c3CCCC4)N2Cc2ccc(C)cc2)cc1. The highest BCUT2D eigenvalue weighted by molar-refractivity contribution is 7.16. The molecular weight excluding hydrogens is 392 g/mol. The number of aryl methyl sites for hydroxylation is 2. The zero-order valence-corrected chi connectivity index (χ0v) is 18.2. The van der Waals surface area contributed by atoms with E-state index in [0.29, 0.717) is 0 Å². The summed E-state index contributed by atoms with van der Waals surface area (Å²) in [5.41, 5.74) is 5.75. The minimum Gasteiger partial charge on any atom is -0.497 e. The van der Waals surface area contributed by atoms with E-state index in [4.69, 9.17) is 4.74 Å². The summed E-state index contributed by atoms with van der Waals surface area (Å²) in [7, 11) is 1.67. The molecule has 2 aromatic carbocycles. The Kier molecular flexibility index (Phi) is 4.99. The van der Waals surface area contributed by atoms with Crippen LogP contribution >= 0.6 is 11.3 Å². The lowest BCUT2D eigenvalue weighted by Crippen LogP contribution is -2.45. The molecule has 0 radical (unpaired) electrons. The molecule has 0 bridgehead atoms. The Bertz CT molecular complexity index is 1070. The molecule has 0 saturated carbocycles. The van der Waals surface area contributed by atoms with Gasteiger partial charge in [0.15, 0.2) is 0 Å². The summed E-state index contributed by atoms with van der Waals surface area (Å²) in [5.74, 6) is 0.878. The van der Waals surface area contributed by atoms with Gasteiger partial charge in [0, 0.05) is 11.4 Å². The van der Waals surface area contributed by atoms with E-state index in [1.807, 2.05) is 35.6 Å². The Morgan fingerprint density at radius 2 is 1.80 bits per heavy atom. The van der Waals surface area contributed by atoms with E-state index in [-0.39, 0.29) is 12.1 Å². The number of carbonyl (C=O) groups excluding carboxylic acids is 1. The van der Waals surface area contributed by atoms with Gasteiger partial charge in [-0.05, 0) is 61.4 Å². The Balaban J connectivity index is 1.59. The number of anilines is 1. The van der Waals surface area contributed by atoms with E-state index in [1.165, 1.54) is 34.4 Å². The van der Waals surface area contributed by atoms with Crippen LogP contribution in [0.2, 0.25) is 0 Å². The first-order valence-corrected chi connectivity index (χ1v) is 11.4. The van der Waals surface area contributed by atoms with Crippen LogP contribution in [-0.4, -0.2) is 13.0 Å². The lowest BCUT2D eigenvalue weighted by molar-refractivity contribution is 0.0925. The summed E-state index contributed by atoms with van der Waals surface area (Å²) in [5, 5.41) is 4.41. The minimum atomic E-state index is -0.197. The van der Waals surface area contributed by atoms with Gasteiger partial charge in [0.25, 0.3) is 5.91 Å². The third-order valence-corrected chi connectivity index (χ3v) is 7.45. The van der Waals surface area contributed by atoms with Gasteiger partial charge in [-0.15, -0.1) is 11.3 Å². The average Bonchev–Trinajstić information content (AvgIpc) is 3.17. The number of carbonyl (C=O) groups is 1. The maximum absolute atomic E-state index is 13.2. The Morgan fingerprint density at radius 1 is 1.07 bits per heavy atom. The average molecular weight is 419 g/mol. The highest BCUT2D eigenvalue weighted by Gasteiger charge is 2.37. The van der Waals surface area contributed by atoms with E-state index in [1.54, 1.807) is 7.11 Å². The predicted molar refractivity (Wildman–Crippen MR) is 122 cm³/mol. The highest BCUT2D eigenvalue weighted by Crippen LogP contribution is 2.45. The number of amides is 1. The summed E-state index contributed by atoms with van der Waals surface area (Å²) >= 11 is 1.82. The van der Waals surface area contributed by atoms with Gasteiger partial charge in [0.2, 0.25) is 0 Å². The molecule has 0 fully saturated rings. The van der Waals surface area contributed by atoms with Crippen molar-refractivity contribution in [3.05, 3.63) is 81.2 Å². The van der Waals surface area contributed by atoms with Gasteiger partial charge in [-0.3, -0.25) is 4.79 Å². The maximum atomic E-state index is 13.2. The van der Waals surface area contributed by atoms with Gasteiger partial charge in [0.05, 0.1) is 12.7 Å². The second-order valence-corrected chi connectivity index (χ2v) is 9.24. The van der Waals surface area contributed by atoms with Crippen LogP contribution in [0.25, 0.3) is 0 Å². The monoisotopic (exact) mass is 418 g/mol. The number of hydrogen-bond donors (Lipinski definition) is 1. The molecule has 5 heteroatoms. The van der Waals surface area contributed by atoms with E-state index >= 15 is 0 Å². The number of rotatable bonds is 4. The normalized spacial score (nSPS) is 17.9. The van der Waals surface area contributed by atoms with Crippen LogP contribution in [0.5, 0.6) is 5.75 Å². The van der Waals surface area contributed by atoms with Crippen molar-refractivity contribution in [1.29, 1.82) is 0 Å². The lowest BCUT2D eigenvalue weighted by Gasteiger charge is -2.38. The third-order valence-electron chi connectivity index (χ3n) is 6.13. The van der Waals surface area contributed by atoms with Crippen molar-refractivity contribution in [2.75, 3.05) is 12.0 Å². The zero-order chi connectivity index (χ0) is 20.7. The Morgan fingerprint density at radius 3 is 2.53 bits per heavy atom. The summed E-state index contributed by atoms with van der Waals surface area (Å²) < 4.78 is 5.32. The van der Waals surface area contributed by atoms with E-state index in [0.717, 1.165) is 41.3 Å². The van der Waals surface area contributed by atoms with Crippen LogP contribution in [0.1, 0.15) is 56.5 Å². The van der Waals surface area contributed by atoms with Gasteiger partial charge in [-0.25, -0.2) is 0 Å². The van der Waals surface area contributed by atoms with Crippen molar-refractivity contribution in [2.24, 2.45) is 0 Å². The van der Waals surface area contributed by atoms with Gasteiger partial charge in [0.1, 0.15) is 16.9 Å². The minimum absolute atomic E-state index is 0.0605. The van der Waals surface area contributed by atoms with Crippen LogP contribution in [-0.2, 0) is 19.4 Å². The van der Waals surface area contributed by atoms with E-state index in [9.17, 15) is 4.79 Å². The fraction of sp³-hybridized carbons (Fsp3) is 0.320. The van der Waals surface area contributed by atoms with E-state index in [2.05, 4.69) is 41.4 Å². The van der Waals surface area contributed by atoms with Gasteiger partial charge in [-0.2, -0.15) is 0 Å². The molecule has 4 nitrogen and oxygen atoms in total. The van der Waals surface area contributed by atoms with Crippen LogP contribution in [0.3, 0.4) is 0 Å². The number of fused-ring (bicyclic) bond motifs is 3. The molecule has 30 heavy (non-hydrogen) atoms. The van der Waals surface area contributed by atoms with Crippen molar-refractivity contribution in [2.45, 2.75) is 45.3 Å². The molecule has 3 aromatic rings. The van der Waals surface area contributed by atoms with Gasteiger partial charge in [-0.1, -0.05) is 42.0 Å². The fourth-order valence-corrected chi connectivity index (χ4v) is 5.89. The number of ether oxygens (including phenoxy) is 1. The molecule has 1 amide bonds. The standard InChI is InChI=1S/C25H26N2O2S/c1-16-7-9-17(10-8-16)15-27-23(18-11-13-19(29-2)14-12-18)26-24(28)22-20-5-3-4-6-21(20)30-25(22)27/h7-14,23H,3-6,15H2,1-2H3,(H,26,28)/t23-/m1/s1. The first-order valence-electron chi connectivity index (χ1n) is 10.6. The summed E-state index contributed by atoms with van der Waals surface area (Å²) in [6, 6.07) is 16.7. The quantitative estimate of drug-likeness (QED) is 0.617. The zero-order valence-electron chi connectivity index (χ0n) is 17.4. The van der Waals surface area contributed by atoms with Crippen LogP contribution in [0.15, 0.2) is 48.5 Å². The van der Waals surface area contributed by atoms with Crippen molar-refractivity contribution in [3.8, 4) is 5.75 Å². The molecule has 1 aliphatic heterocycles. The Labute approximate surface area is 181 Å². The van der Waals surface area contributed by atoms with Crippen LogP contribution in [0.4, 0.5) is 5.00 Å². The second-order valence-electron chi connectivity index (χ2n) is 8.15. The molecule has 2 heterocycles. The number of hydrogen-bond acceptors (Lipinski definition) is 4. The first-order chi connectivity index (χ1) is 14.6. The first kappa shape index (κ1) is 19.2. The number of nitrogens with zero attached hydrogens (tertiary/aromatic N) is 1. The maximum Gasteiger partial charge on any atom is 0.256 e. The van der Waals surface area contributed by atoms with Crippen molar-refractivity contribution in [1.82, 2.24) is 5.32 Å². The molecule has 0 unspecified atom stereocenters. The van der Waals surface area contributed by atoms with E-state index < -0.39 is 0 Å². The smallest absolute Gasteiger partial charge is 0.256 e. The van der Waals surface area contributed by atoms with Crippen LogP contribution < -0.4 is 15.0 Å². The van der Waals surface area contributed by atoms with Crippen LogP contribution in [0, 0.1) is 6.92 Å². The molecule has 0 saturated heterocycles. The van der Waals surface area contributed by atoms with Gasteiger partial charge < -0.3 is 15.0 Å². The second kappa shape index (κ2) is 7.80. The third kappa shape index (κ3) is 3.37. The topological polar surface area (TPSA) is 41.6 Å². The number of thiophene rings is 1. The molecule has 1 aromatic heterocycles. The molecular formula is C25H26N2O2S. The number of nitrogens with one attached hydrogen (secondary N) is 1. The molecule has 1 atom stereocenters. The predicted octanol–water partition coefficient (Wildman–Crippen LogP) is 5.39. The Hall–Kier alpha value is -2.79. The molecule has 154 valence electrons. The highest BCUT2D eigenvalue weighted by atomic mass is 32.1. The van der Waals surface area contributed by atoms with Crippen molar-refractivity contribution >= 4 is 22.2 Å². The number of benzene rings is 2. The fourth-order valence-electron chi connectivity index (χ4n) is 4.48. The largest absolute Gasteiger partial charge is 0.497 e. The van der Waals surface area contributed by atoms with Crippen molar-refractivity contribution in [3.63, 3.8) is 0 Å². The molecule has 1 aliphatic carbocycles.